The Morgan fingerprint density at radius 3 is 2.35 bits per heavy atom. The molecule has 0 aliphatic carbocycles. The Kier molecular flexibility index (Phi) is 7.69. The number of ether oxygens (including phenoxy) is 1. The number of amides is 1. The molecule has 7 nitrogen and oxygen atoms in total. The van der Waals surface area contributed by atoms with Gasteiger partial charge in [-0.05, 0) is 75.7 Å². The van der Waals surface area contributed by atoms with Crippen LogP contribution in [-0.2, 0) is 16.6 Å². The molecule has 1 fully saturated rings. The monoisotopic (exact) mass is 445 g/mol. The molecule has 1 aliphatic heterocycles. The summed E-state index contributed by atoms with van der Waals surface area (Å²) in [5.74, 6) is 0.0627. The van der Waals surface area contributed by atoms with Gasteiger partial charge in [0.2, 0.25) is 10.0 Å². The Balaban J connectivity index is 1.73. The lowest BCUT2D eigenvalue weighted by Crippen LogP contribution is -2.30. The van der Waals surface area contributed by atoms with E-state index in [1.54, 1.807) is 26.0 Å². The van der Waals surface area contributed by atoms with Gasteiger partial charge in [0.25, 0.3) is 5.91 Å². The SMILES string of the molecule is COc1ccc(S(=O)(=O)NC(C)C)cc1NC(=O)c1ccc(CN2CCCCC2)cc1. The summed E-state index contributed by atoms with van der Waals surface area (Å²) in [6.07, 6.45) is 3.78. The van der Waals surface area contributed by atoms with E-state index in [0.717, 1.165) is 19.6 Å². The molecular formula is C23H31N3O4S. The number of piperidine rings is 1. The van der Waals surface area contributed by atoms with Crippen molar-refractivity contribution in [1.29, 1.82) is 0 Å². The van der Waals surface area contributed by atoms with Crippen LogP contribution >= 0.6 is 0 Å². The summed E-state index contributed by atoms with van der Waals surface area (Å²) in [4.78, 5) is 15.3. The van der Waals surface area contributed by atoms with E-state index in [1.165, 1.54) is 50.1 Å². The third-order valence-electron chi connectivity index (χ3n) is 5.19. The van der Waals surface area contributed by atoms with Crippen molar-refractivity contribution in [3.63, 3.8) is 0 Å². The minimum Gasteiger partial charge on any atom is -0.495 e. The lowest BCUT2D eigenvalue weighted by Gasteiger charge is -2.26. The number of sulfonamides is 1. The molecule has 2 aromatic carbocycles. The first-order valence-electron chi connectivity index (χ1n) is 10.6. The molecule has 0 aromatic heterocycles. The van der Waals surface area contributed by atoms with Crippen LogP contribution in [0.3, 0.4) is 0 Å². The molecule has 0 spiro atoms. The van der Waals surface area contributed by atoms with Gasteiger partial charge in [-0.2, -0.15) is 0 Å². The first kappa shape index (κ1) is 23.2. The predicted molar refractivity (Wildman–Crippen MR) is 122 cm³/mol. The maximum Gasteiger partial charge on any atom is 0.255 e. The van der Waals surface area contributed by atoms with E-state index >= 15 is 0 Å². The first-order chi connectivity index (χ1) is 14.8. The standard InChI is InChI=1S/C23H31N3O4S/c1-17(2)25-31(28,29)20-11-12-22(30-3)21(15-20)24-23(27)19-9-7-18(8-10-19)16-26-13-5-4-6-14-26/h7-12,15,17,25H,4-6,13-14,16H2,1-3H3,(H,24,27). The van der Waals surface area contributed by atoms with Gasteiger partial charge in [0.15, 0.2) is 0 Å². The number of nitrogens with zero attached hydrogens (tertiary/aromatic N) is 1. The predicted octanol–water partition coefficient (Wildman–Crippen LogP) is 3.62. The number of carbonyl (C=O) groups excluding carboxylic acids is 1. The maximum atomic E-state index is 12.8. The fourth-order valence-electron chi connectivity index (χ4n) is 3.66. The van der Waals surface area contributed by atoms with Crippen molar-refractivity contribution in [2.75, 3.05) is 25.5 Å². The number of benzene rings is 2. The van der Waals surface area contributed by atoms with Crippen molar-refractivity contribution in [1.82, 2.24) is 9.62 Å². The Bertz CT molecular complexity index is 998. The average Bonchev–Trinajstić information content (AvgIpc) is 2.74. The number of methoxy groups -OCH3 is 1. The number of likely N-dealkylation sites (tertiary alicyclic amines) is 1. The molecule has 8 heteroatoms. The second-order valence-electron chi connectivity index (χ2n) is 8.13. The van der Waals surface area contributed by atoms with Crippen molar-refractivity contribution in [2.45, 2.75) is 50.6 Å². The van der Waals surface area contributed by atoms with E-state index in [-0.39, 0.29) is 16.8 Å². The summed E-state index contributed by atoms with van der Waals surface area (Å²) in [6, 6.07) is 11.7. The third-order valence-corrected chi connectivity index (χ3v) is 6.85. The highest BCUT2D eigenvalue weighted by molar-refractivity contribution is 7.89. The molecule has 1 saturated heterocycles. The Hall–Kier alpha value is -2.42. The molecule has 0 atom stereocenters. The van der Waals surface area contributed by atoms with E-state index in [2.05, 4.69) is 14.9 Å². The van der Waals surface area contributed by atoms with Crippen molar-refractivity contribution < 1.29 is 17.9 Å². The van der Waals surface area contributed by atoms with Crippen molar-refractivity contribution in [3.8, 4) is 5.75 Å². The van der Waals surface area contributed by atoms with Crippen LogP contribution in [0.4, 0.5) is 5.69 Å². The van der Waals surface area contributed by atoms with Crippen molar-refractivity contribution >= 4 is 21.6 Å². The molecule has 168 valence electrons. The van der Waals surface area contributed by atoms with Gasteiger partial charge in [-0.15, -0.1) is 0 Å². The minimum atomic E-state index is -3.69. The summed E-state index contributed by atoms with van der Waals surface area (Å²) >= 11 is 0. The lowest BCUT2D eigenvalue weighted by atomic mass is 10.1. The highest BCUT2D eigenvalue weighted by atomic mass is 32.2. The molecule has 1 heterocycles. The van der Waals surface area contributed by atoms with Crippen molar-refractivity contribution in [3.05, 3.63) is 53.6 Å². The van der Waals surface area contributed by atoms with E-state index in [9.17, 15) is 13.2 Å². The van der Waals surface area contributed by atoms with Crippen LogP contribution in [0.5, 0.6) is 5.75 Å². The van der Waals surface area contributed by atoms with Crippen LogP contribution < -0.4 is 14.8 Å². The van der Waals surface area contributed by atoms with E-state index in [4.69, 9.17) is 4.74 Å². The second kappa shape index (κ2) is 10.3. The smallest absolute Gasteiger partial charge is 0.255 e. The average molecular weight is 446 g/mol. The van der Waals surface area contributed by atoms with Gasteiger partial charge in [-0.25, -0.2) is 13.1 Å². The molecule has 31 heavy (non-hydrogen) atoms. The summed E-state index contributed by atoms with van der Waals surface area (Å²) in [7, 11) is -2.22. The number of rotatable bonds is 8. The number of carbonyl (C=O) groups is 1. The third kappa shape index (κ3) is 6.29. The quantitative estimate of drug-likeness (QED) is 0.648. The maximum absolute atomic E-state index is 12.8. The van der Waals surface area contributed by atoms with Crippen molar-refractivity contribution in [2.24, 2.45) is 0 Å². The molecule has 3 rings (SSSR count). The van der Waals surface area contributed by atoms with Crippen LogP contribution in [0.1, 0.15) is 49.0 Å². The second-order valence-corrected chi connectivity index (χ2v) is 9.84. The summed E-state index contributed by atoms with van der Waals surface area (Å²) < 4.78 is 32.8. The molecule has 2 aromatic rings. The largest absolute Gasteiger partial charge is 0.495 e. The van der Waals surface area contributed by atoms with Gasteiger partial charge < -0.3 is 10.1 Å². The zero-order valence-electron chi connectivity index (χ0n) is 18.3. The van der Waals surface area contributed by atoms with Crippen LogP contribution in [-0.4, -0.2) is 45.5 Å². The number of hydrogen-bond acceptors (Lipinski definition) is 5. The van der Waals surface area contributed by atoms with Gasteiger partial charge in [-0.1, -0.05) is 18.6 Å². The Morgan fingerprint density at radius 2 is 1.74 bits per heavy atom. The van der Waals surface area contributed by atoms with Gasteiger partial charge in [0, 0.05) is 18.2 Å². The highest BCUT2D eigenvalue weighted by Crippen LogP contribution is 2.28. The molecule has 0 radical (unpaired) electrons. The number of nitrogens with one attached hydrogen (secondary N) is 2. The zero-order valence-corrected chi connectivity index (χ0v) is 19.2. The van der Waals surface area contributed by atoms with Crippen LogP contribution in [0.25, 0.3) is 0 Å². The summed E-state index contributed by atoms with van der Waals surface area (Å²) in [6.45, 7) is 6.62. The van der Waals surface area contributed by atoms with E-state index < -0.39 is 10.0 Å². The molecular weight excluding hydrogens is 414 g/mol. The minimum absolute atomic E-state index is 0.0641. The van der Waals surface area contributed by atoms with E-state index in [1.807, 2.05) is 12.1 Å². The highest BCUT2D eigenvalue weighted by Gasteiger charge is 2.19. The van der Waals surface area contributed by atoms with Crippen LogP contribution in [0.2, 0.25) is 0 Å². The molecule has 0 bridgehead atoms. The number of anilines is 1. The fraction of sp³-hybridized carbons (Fsp3) is 0.435. The number of hydrogen-bond donors (Lipinski definition) is 2. The molecule has 1 amide bonds. The van der Waals surface area contributed by atoms with Gasteiger partial charge in [0.1, 0.15) is 5.75 Å². The normalized spacial score (nSPS) is 15.1. The van der Waals surface area contributed by atoms with Crippen LogP contribution in [0.15, 0.2) is 47.4 Å². The lowest BCUT2D eigenvalue weighted by molar-refractivity contribution is 0.102. The molecule has 2 N–H and O–H groups in total. The van der Waals surface area contributed by atoms with Crippen LogP contribution in [0, 0.1) is 0 Å². The molecule has 0 saturated carbocycles. The zero-order chi connectivity index (χ0) is 22.4. The molecule has 1 aliphatic rings. The fourth-order valence-corrected chi connectivity index (χ4v) is 4.94. The van der Waals surface area contributed by atoms with Gasteiger partial charge >= 0.3 is 0 Å². The summed E-state index contributed by atoms with van der Waals surface area (Å²) in [5, 5.41) is 2.78. The van der Waals surface area contributed by atoms with E-state index in [0.29, 0.717) is 17.0 Å². The van der Waals surface area contributed by atoms with Gasteiger partial charge in [0.05, 0.1) is 17.7 Å². The Labute approximate surface area is 184 Å². The Morgan fingerprint density at radius 1 is 1.06 bits per heavy atom. The molecule has 0 unspecified atom stereocenters. The first-order valence-corrected chi connectivity index (χ1v) is 12.1. The topological polar surface area (TPSA) is 87.7 Å². The summed E-state index contributed by atoms with van der Waals surface area (Å²) in [5.41, 5.74) is 1.97. The van der Waals surface area contributed by atoms with Gasteiger partial charge in [-0.3, -0.25) is 9.69 Å².